The van der Waals surface area contributed by atoms with E-state index in [4.69, 9.17) is 0 Å². The maximum absolute atomic E-state index is 11.9. The average molecular weight is 253 g/mol. The third kappa shape index (κ3) is 2.13. The summed E-state index contributed by atoms with van der Waals surface area (Å²) in [6, 6.07) is 10.3. The van der Waals surface area contributed by atoms with Crippen LogP contribution in [0.15, 0.2) is 48.8 Å². The molecule has 1 aromatic carbocycles. The van der Waals surface area contributed by atoms with E-state index < -0.39 is 0 Å². The molecule has 1 amide bonds. The van der Waals surface area contributed by atoms with E-state index in [1.54, 1.807) is 42.7 Å². The number of aromatic amines is 1. The van der Waals surface area contributed by atoms with Gasteiger partial charge in [-0.25, -0.2) is 4.98 Å². The fraction of sp³-hybridized carbons (Fsp3) is 0. The summed E-state index contributed by atoms with van der Waals surface area (Å²) in [6.07, 6.45) is 3.28. The maximum atomic E-state index is 11.9. The first-order chi connectivity index (χ1) is 9.24. The van der Waals surface area contributed by atoms with Gasteiger partial charge in [0.25, 0.3) is 5.91 Å². The zero-order valence-corrected chi connectivity index (χ0v) is 9.92. The molecule has 2 aromatic heterocycles. The number of aromatic nitrogens is 2. The normalized spacial score (nSPS) is 10.5. The number of anilines is 1. The van der Waals surface area contributed by atoms with Gasteiger partial charge in [-0.2, -0.15) is 0 Å². The number of benzene rings is 1. The molecule has 19 heavy (non-hydrogen) atoms. The summed E-state index contributed by atoms with van der Waals surface area (Å²) in [5.74, 6) is 0.249. The zero-order chi connectivity index (χ0) is 13.2. The molecule has 0 aliphatic rings. The Kier molecular flexibility index (Phi) is 2.64. The molecule has 0 atom stereocenters. The van der Waals surface area contributed by atoms with Gasteiger partial charge in [0.15, 0.2) is 0 Å². The summed E-state index contributed by atoms with van der Waals surface area (Å²) in [6.45, 7) is 0. The summed E-state index contributed by atoms with van der Waals surface area (Å²) in [4.78, 5) is 18.9. The highest BCUT2D eigenvalue weighted by atomic mass is 16.3. The molecule has 5 nitrogen and oxygen atoms in total. The van der Waals surface area contributed by atoms with Crippen molar-refractivity contribution in [1.82, 2.24) is 9.97 Å². The van der Waals surface area contributed by atoms with Crippen molar-refractivity contribution in [2.45, 2.75) is 0 Å². The van der Waals surface area contributed by atoms with E-state index in [1.807, 2.05) is 6.07 Å². The van der Waals surface area contributed by atoms with Gasteiger partial charge in [0, 0.05) is 17.8 Å². The van der Waals surface area contributed by atoms with Crippen LogP contribution in [0.5, 0.6) is 5.75 Å². The Labute approximate surface area is 108 Å². The molecule has 0 unspecified atom stereocenters. The number of nitrogens with zero attached hydrogens (tertiary/aromatic N) is 1. The van der Waals surface area contributed by atoms with Gasteiger partial charge in [-0.1, -0.05) is 12.1 Å². The molecule has 2 heterocycles. The van der Waals surface area contributed by atoms with Gasteiger partial charge in [-0.05, 0) is 24.3 Å². The number of rotatable bonds is 2. The third-order valence-corrected chi connectivity index (χ3v) is 2.80. The highest BCUT2D eigenvalue weighted by Gasteiger charge is 2.08. The van der Waals surface area contributed by atoms with Crippen LogP contribution in [0, 0.1) is 0 Å². The van der Waals surface area contributed by atoms with Gasteiger partial charge >= 0.3 is 0 Å². The van der Waals surface area contributed by atoms with E-state index in [1.165, 1.54) is 0 Å². The second-order valence-corrected chi connectivity index (χ2v) is 4.10. The lowest BCUT2D eigenvalue weighted by atomic mass is 10.2. The molecule has 0 aliphatic carbocycles. The number of para-hydroxylation sites is 1. The molecule has 0 saturated carbocycles. The minimum atomic E-state index is -0.247. The molecule has 0 spiro atoms. The summed E-state index contributed by atoms with van der Waals surface area (Å²) >= 11 is 0. The number of carbonyl (C=O) groups excluding carboxylic acids is 1. The first-order valence-electron chi connectivity index (χ1n) is 5.77. The van der Waals surface area contributed by atoms with E-state index in [9.17, 15) is 9.90 Å². The van der Waals surface area contributed by atoms with E-state index in [2.05, 4.69) is 15.3 Å². The number of phenols is 1. The molecule has 0 saturated heterocycles. The smallest absolute Gasteiger partial charge is 0.258 e. The van der Waals surface area contributed by atoms with E-state index in [0.717, 1.165) is 5.39 Å². The number of fused-ring (bicyclic) bond motifs is 1. The number of hydrogen-bond donors (Lipinski definition) is 3. The number of carbonyl (C=O) groups is 1. The van der Waals surface area contributed by atoms with Gasteiger partial charge < -0.3 is 15.4 Å². The minimum Gasteiger partial charge on any atom is -0.506 e. The van der Waals surface area contributed by atoms with Gasteiger partial charge in [0.1, 0.15) is 17.1 Å². The van der Waals surface area contributed by atoms with Crippen molar-refractivity contribution in [2.75, 3.05) is 5.32 Å². The predicted molar refractivity (Wildman–Crippen MR) is 72.2 cm³/mol. The van der Waals surface area contributed by atoms with E-state index >= 15 is 0 Å². The molecule has 0 radical (unpaired) electrons. The Bertz CT molecular complexity index is 736. The number of nitrogens with one attached hydrogen (secondary N) is 2. The first kappa shape index (κ1) is 11.3. The van der Waals surface area contributed by atoms with Gasteiger partial charge in [0.2, 0.25) is 0 Å². The Morgan fingerprint density at radius 1 is 1.21 bits per heavy atom. The Morgan fingerprint density at radius 3 is 2.89 bits per heavy atom. The average Bonchev–Trinajstić information content (AvgIpc) is 2.94. The highest BCUT2D eigenvalue weighted by Crippen LogP contribution is 2.23. The third-order valence-electron chi connectivity index (χ3n) is 2.80. The molecular weight excluding hydrogens is 242 g/mol. The van der Waals surface area contributed by atoms with Crippen molar-refractivity contribution in [1.29, 1.82) is 0 Å². The lowest BCUT2D eigenvalue weighted by Crippen LogP contribution is -2.11. The fourth-order valence-corrected chi connectivity index (χ4v) is 1.85. The second-order valence-electron chi connectivity index (χ2n) is 4.10. The van der Waals surface area contributed by atoms with Crippen LogP contribution in [-0.2, 0) is 0 Å². The lowest BCUT2D eigenvalue weighted by Gasteiger charge is -2.05. The molecule has 0 aliphatic heterocycles. The summed E-state index contributed by atoms with van der Waals surface area (Å²) < 4.78 is 0. The molecule has 5 heteroatoms. The van der Waals surface area contributed by atoms with Gasteiger partial charge in [0.05, 0.1) is 5.56 Å². The SMILES string of the molecule is O=C(Nc1ccc2cccc(O)c2n1)c1cc[nH]c1. The van der Waals surface area contributed by atoms with Crippen molar-refractivity contribution < 1.29 is 9.90 Å². The molecule has 0 bridgehead atoms. The minimum absolute atomic E-state index is 0.0928. The van der Waals surface area contributed by atoms with Crippen LogP contribution in [0.3, 0.4) is 0 Å². The second kappa shape index (κ2) is 4.45. The van der Waals surface area contributed by atoms with Crippen LogP contribution >= 0.6 is 0 Å². The quantitative estimate of drug-likeness (QED) is 0.656. The van der Waals surface area contributed by atoms with Crippen LogP contribution in [0.2, 0.25) is 0 Å². The molecule has 3 N–H and O–H groups in total. The van der Waals surface area contributed by atoms with Crippen molar-refractivity contribution in [3.63, 3.8) is 0 Å². The number of H-pyrrole nitrogens is 1. The molecule has 3 aromatic rings. The van der Waals surface area contributed by atoms with Crippen LogP contribution in [0.4, 0.5) is 5.82 Å². The van der Waals surface area contributed by atoms with E-state index in [0.29, 0.717) is 16.9 Å². The maximum Gasteiger partial charge on any atom is 0.258 e. The molecule has 94 valence electrons. The number of amides is 1. The fourth-order valence-electron chi connectivity index (χ4n) is 1.85. The standard InChI is InChI=1S/C14H11N3O2/c18-11-3-1-2-9-4-5-12(16-13(9)11)17-14(19)10-6-7-15-8-10/h1-8,15,18H,(H,16,17,19). The zero-order valence-electron chi connectivity index (χ0n) is 9.92. The first-order valence-corrected chi connectivity index (χ1v) is 5.77. The highest BCUT2D eigenvalue weighted by molar-refractivity contribution is 6.04. The summed E-state index contributed by atoms with van der Waals surface area (Å²) in [5, 5.41) is 13.2. The van der Waals surface area contributed by atoms with Crippen molar-refractivity contribution in [3.8, 4) is 5.75 Å². The topological polar surface area (TPSA) is 78.0 Å². The summed E-state index contributed by atoms with van der Waals surface area (Å²) in [7, 11) is 0. The van der Waals surface area contributed by atoms with Crippen molar-refractivity contribution in [2.24, 2.45) is 0 Å². The lowest BCUT2D eigenvalue weighted by molar-refractivity contribution is 0.102. The van der Waals surface area contributed by atoms with Crippen molar-refractivity contribution >= 4 is 22.6 Å². The Balaban J connectivity index is 1.94. The molecular formula is C14H11N3O2. The Morgan fingerprint density at radius 2 is 2.11 bits per heavy atom. The van der Waals surface area contributed by atoms with Gasteiger partial charge in [-0.3, -0.25) is 4.79 Å². The number of hydrogen-bond acceptors (Lipinski definition) is 3. The van der Waals surface area contributed by atoms with Gasteiger partial charge in [-0.15, -0.1) is 0 Å². The van der Waals surface area contributed by atoms with Crippen LogP contribution in [0.25, 0.3) is 10.9 Å². The molecule has 3 rings (SSSR count). The van der Waals surface area contributed by atoms with Crippen molar-refractivity contribution in [3.05, 3.63) is 54.4 Å². The monoisotopic (exact) mass is 253 g/mol. The summed E-state index contributed by atoms with van der Waals surface area (Å²) in [5.41, 5.74) is 0.994. The molecule has 0 fully saturated rings. The van der Waals surface area contributed by atoms with E-state index in [-0.39, 0.29) is 11.7 Å². The number of pyridine rings is 1. The number of aromatic hydroxyl groups is 1. The van der Waals surface area contributed by atoms with Crippen LogP contribution < -0.4 is 5.32 Å². The largest absolute Gasteiger partial charge is 0.506 e. The number of phenolic OH excluding ortho intramolecular Hbond substituents is 1. The predicted octanol–water partition coefficient (Wildman–Crippen LogP) is 2.52. The van der Waals surface area contributed by atoms with Crippen LogP contribution in [-0.4, -0.2) is 21.0 Å². The Hall–Kier alpha value is -2.82. The van der Waals surface area contributed by atoms with Crippen LogP contribution in [0.1, 0.15) is 10.4 Å².